The molecule has 1 nitrogen and oxygen atoms in total. The SMILES string of the molecule is CC(C)(C)c1cc(-c2cccc3cccc(-c4ccccc4N(c4ccc5ccccc5c4)c4ccccc4-c4cccc5c4ccc4ccccc45)c23)cc(C(C)(C)C)c1. The summed E-state index contributed by atoms with van der Waals surface area (Å²) in [5.74, 6) is 0. The predicted octanol–water partition coefficient (Wildman–Crippen LogP) is 17.4. The second-order valence-corrected chi connectivity index (χ2v) is 18.6. The van der Waals surface area contributed by atoms with Gasteiger partial charge in [-0.2, -0.15) is 0 Å². The van der Waals surface area contributed by atoms with E-state index in [0.29, 0.717) is 0 Å². The van der Waals surface area contributed by atoms with E-state index >= 15 is 0 Å². The Morgan fingerprint density at radius 3 is 1.49 bits per heavy atom. The maximum atomic E-state index is 2.50. The first-order chi connectivity index (χ1) is 29.5. The maximum Gasteiger partial charge on any atom is 0.0540 e. The van der Waals surface area contributed by atoms with Gasteiger partial charge in [-0.3, -0.25) is 0 Å². The van der Waals surface area contributed by atoms with Crippen molar-refractivity contribution in [3.8, 4) is 33.4 Å². The third kappa shape index (κ3) is 6.95. The molecule has 0 unspecified atom stereocenters. The van der Waals surface area contributed by atoms with Gasteiger partial charge in [0.1, 0.15) is 0 Å². The lowest BCUT2D eigenvalue weighted by Crippen LogP contribution is -2.16. The van der Waals surface area contributed by atoms with Crippen molar-refractivity contribution in [1.82, 2.24) is 0 Å². The quantitative estimate of drug-likeness (QED) is 0.152. The van der Waals surface area contributed by atoms with Gasteiger partial charge in [0.15, 0.2) is 0 Å². The predicted molar refractivity (Wildman–Crippen MR) is 265 cm³/mol. The van der Waals surface area contributed by atoms with E-state index in [4.69, 9.17) is 0 Å². The number of hydrogen-bond acceptors (Lipinski definition) is 1. The molecule has 10 rings (SSSR count). The summed E-state index contributed by atoms with van der Waals surface area (Å²) in [4.78, 5) is 2.50. The number of nitrogens with zero attached hydrogens (tertiary/aromatic N) is 1. The molecule has 0 N–H and O–H groups in total. The molecule has 1 heteroatoms. The van der Waals surface area contributed by atoms with Crippen LogP contribution in [0.5, 0.6) is 0 Å². The van der Waals surface area contributed by atoms with Gasteiger partial charge in [0.25, 0.3) is 0 Å². The third-order valence-corrected chi connectivity index (χ3v) is 12.5. The summed E-state index contributed by atoms with van der Waals surface area (Å²) in [5, 5.41) is 9.94. The summed E-state index contributed by atoms with van der Waals surface area (Å²) in [6.07, 6.45) is 0. The van der Waals surface area contributed by atoms with Crippen molar-refractivity contribution < 1.29 is 0 Å². The number of hydrogen-bond donors (Lipinski definition) is 0. The molecule has 296 valence electrons. The van der Waals surface area contributed by atoms with Crippen LogP contribution in [0.15, 0.2) is 200 Å². The molecular weight excluding hydrogens is 735 g/mol. The first kappa shape index (κ1) is 38.3. The highest BCUT2D eigenvalue weighted by Crippen LogP contribution is 2.49. The highest BCUT2D eigenvalue weighted by Gasteiger charge is 2.25. The second-order valence-electron chi connectivity index (χ2n) is 18.6. The van der Waals surface area contributed by atoms with E-state index in [-0.39, 0.29) is 10.8 Å². The minimum atomic E-state index is 0.000941. The number of para-hydroxylation sites is 2. The largest absolute Gasteiger partial charge is 0.309 e. The Morgan fingerprint density at radius 1 is 0.311 bits per heavy atom. The van der Waals surface area contributed by atoms with Gasteiger partial charge in [-0.05, 0) is 112 Å². The minimum absolute atomic E-state index is 0.000941. The van der Waals surface area contributed by atoms with E-state index in [1.165, 1.54) is 87.6 Å². The van der Waals surface area contributed by atoms with Gasteiger partial charge in [0.05, 0.1) is 11.4 Å². The topological polar surface area (TPSA) is 3.24 Å². The molecule has 0 aliphatic carbocycles. The maximum absolute atomic E-state index is 2.50. The summed E-state index contributed by atoms with van der Waals surface area (Å²) < 4.78 is 0. The molecule has 61 heavy (non-hydrogen) atoms. The average Bonchev–Trinajstić information content (AvgIpc) is 3.28. The van der Waals surface area contributed by atoms with Crippen molar-refractivity contribution in [2.24, 2.45) is 0 Å². The van der Waals surface area contributed by atoms with Crippen molar-refractivity contribution in [2.75, 3.05) is 4.90 Å². The molecule has 0 bridgehead atoms. The molecule has 10 aromatic carbocycles. The van der Waals surface area contributed by atoms with Crippen LogP contribution in [0.4, 0.5) is 17.1 Å². The van der Waals surface area contributed by atoms with Crippen LogP contribution in [0.3, 0.4) is 0 Å². The molecular formula is C60H51N. The molecule has 0 saturated heterocycles. The molecule has 0 saturated carbocycles. The average molecular weight is 786 g/mol. The van der Waals surface area contributed by atoms with Gasteiger partial charge in [-0.1, -0.05) is 217 Å². The van der Waals surface area contributed by atoms with Gasteiger partial charge in [-0.15, -0.1) is 0 Å². The van der Waals surface area contributed by atoms with Gasteiger partial charge >= 0.3 is 0 Å². The highest BCUT2D eigenvalue weighted by atomic mass is 15.1. The molecule has 0 heterocycles. The van der Waals surface area contributed by atoms with Crippen LogP contribution in [0.1, 0.15) is 52.7 Å². The Bertz CT molecular complexity index is 3240. The van der Waals surface area contributed by atoms with Gasteiger partial charge in [-0.25, -0.2) is 0 Å². The summed E-state index contributed by atoms with van der Waals surface area (Å²) in [6.45, 7) is 13.9. The minimum Gasteiger partial charge on any atom is -0.309 e. The van der Waals surface area contributed by atoms with E-state index in [1.807, 2.05) is 0 Å². The summed E-state index contributed by atoms with van der Waals surface area (Å²) >= 11 is 0. The first-order valence-corrected chi connectivity index (χ1v) is 21.6. The third-order valence-electron chi connectivity index (χ3n) is 12.5. The fourth-order valence-corrected chi connectivity index (χ4v) is 9.25. The monoisotopic (exact) mass is 785 g/mol. The lowest BCUT2D eigenvalue weighted by Gasteiger charge is -2.31. The van der Waals surface area contributed by atoms with Crippen LogP contribution in [-0.4, -0.2) is 0 Å². The fraction of sp³-hybridized carbons (Fsp3) is 0.133. The molecule has 0 aliphatic rings. The Balaban J connectivity index is 1.25. The van der Waals surface area contributed by atoms with E-state index in [9.17, 15) is 0 Å². The highest BCUT2D eigenvalue weighted by molar-refractivity contribution is 6.14. The Morgan fingerprint density at radius 2 is 0.803 bits per heavy atom. The lowest BCUT2D eigenvalue weighted by molar-refractivity contribution is 0.569. The van der Waals surface area contributed by atoms with E-state index in [1.54, 1.807) is 0 Å². The van der Waals surface area contributed by atoms with Crippen LogP contribution < -0.4 is 4.90 Å². The van der Waals surface area contributed by atoms with Crippen molar-refractivity contribution in [2.45, 2.75) is 52.4 Å². The van der Waals surface area contributed by atoms with Crippen molar-refractivity contribution in [3.63, 3.8) is 0 Å². The van der Waals surface area contributed by atoms with Crippen LogP contribution in [0.2, 0.25) is 0 Å². The summed E-state index contributed by atoms with van der Waals surface area (Å²) in [6, 6.07) is 74.5. The Labute approximate surface area is 360 Å². The van der Waals surface area contributed by atoms with Crippen molar-refractivity contribution >= 4 is 60.2 Å². The molecule has 10 aromatic rings. The Kier molecular flexibility index (Phi) is 9.37. The van der Waals surface area contributed by atoms with Crippen molar-refractivity contribution in [3.05, 3.63) is 211 Å². The fourth-order valence-electron chi connectivity index (χ4n) is 9.25. The molecule has 0 aliphatic heterocycles. The smallest absolute Gasteiger partial charge is 0.0540 e. The van der Waals surface area contributed by atoms with Crippen LogP contribution in [0, 0.1) is 0 Å². The molecule has 0 amide bonds. The van der Waals surface area contributed by atoms with Gasteiger partial charge in [0.2, 0.25) is 0 Å². The van der Waals surface area contributed by atoms with Crippen molar-refractivity contribution in [1.29, 1.82) is 0 Å². The molecule has 0 spiro atoms. The summed E-state index contributed by atoms with van der Waals surface area (Å²) in [7, 11) is 0. The number of fused-ring (bicyclic) bond motifs is 5. The lowest BCUT2D eigenvalue weighted by atomic mass is 9.78. The molecule has 0 aromatic heterocycles. The van der Waals surface area contributed by atoms with E-state index in [0.717, 1.165) is 17.1 Å². The summed E-state index contributed by atoms with van der Waals surface area (Å²) in [5.41, 5.74) is 13.3. The van der Waals surface area contributed by atoms with E-state index in [2.05, 4.69) is 247 Å². The molecule has 0 radical (unpaired) electrons. The zero-order chi connectivity index (χ0) is 41.9. The zero-order valence-corrected chi connectivity index (χ0v) is 36.0. The number of benzene rings is 10. The van der Waals surface area contributed by atoms with Crippen LogP contribution in [0.25, 0.3) is 76.5 Å². The normalized spacial score (nSPS) is 12.1. The Hall–Kier alpha value is -6.96. The zero-order valence-electron chi connectivity index (χ0n) is 36.0. The second kappa shape index (κ2) is 14.9. The standard InChI is InChI=1S/C60H51N/c1-59(2,3)45-36-44(37-46(39-45)60(4,5)6)49-26-15-21-42-22-16-29-55(58(42)49)54-25-12-14-31-57(54)61(47-34-32-40-18-7-8-20-43(40)38-47)56-30-13-11-24-53(56)51-28-17-27-50-48-23-10-9-19-41(48)33-35-52(50)51/h7-39H,1-6H3. The first-order valence-electron chi connectivity index (χ1n) is 21.6. The number of anilines is 3. The molecule has 0 fully saturated rings. The van der Waals surface area contributed by atoms with Crippen LogP contribution in [-0.2, 0) is 10.8 Å². The van der Waals surface area contributed by atoms with Crippen LogP contribution >= 0.6 is 0 Å². The van der Waals surface area contributed by atoms with Gasteiger partial charge < -0.3 is 4.90 Å². The molecule has 0 atom stereocenters. The van der Waals surface area contributed by atoms with E-state index < -0.39 is 0 Å². The van der Waals surface area contributed by atoms with Gasteiger partial charge in [0, 0.05) is 16.8 Å². The number of rotatable bonds is 6.